The molecule has 0 aromatic carbocycles. The summed E-state index contributed by atoms with van der Waals surface area (Å²) in [7, 11) is 0. The van der Waals surface area contributed by atoms with Crippen LogP contribution in [0.15, 0.2) is 0 Å². The zero-order valence-corrected chi connectivity index (χ0v) is 7.93. The summed E-state index contributed by atoms with van der Waals surface area (Å²) in [5, 5.41) is 14.7. The van der Waals surface area contributed by atoms with Crippen molar-refractivity contribution in [3.8, 4) is 0 Å². The molecule has 0 radical (unpaired) electrons. The molecule has 0 aromatic rings. The standard InChI is InChI=1S/C7H13N3O2S/c8-7(13)10-3-4-1-5(6(11)12)9-2-4/h4-5,9H,1-3H2,(H,11,12)(H3,8,10,13)/t4-,5+/m1/s1. The second-order valence-electron chi connectivity index (χ2n) is 3.15. The smallest absolute Gasteiger partial charge is 0.320 e. The first-order valence-electron chi connectivity index (χ1n) is 4.09. The van der Waals surface area contributed by atoms with Gasteiger partial charge in [0, 0.05) is 13.1 Å². The van der Waals surface area contributed by atoms with Gasteiger partial charge in [0.15, 0.2) is 5.11 Å². The lowest BCUT2D eigenvalue weighted by molar-refractivity contribution is -0.139. The highest BCUT2D eigenvalue weighted by Gasteiger charge is 2.28. The van der Waals surface area contributed by atoms with E-state index in [-0.39, 0.29) is 5.11 Å². The van der Waals surface area contributed by atoms with Crippen molar-refractivity contribution >= 4 is 23.3 Å². The molecular weight excluding hydrogens is 190 g/mol. The largest absolute Gasteiger partial charge is 0.480 e. The van der Waals surface area contributed by atoms with Crippen LogP contribution in [0.25, 0.3) is 0 Å². The van der Waals surface area contributed by atoms with Gasteiger partial charge in [0.2, 0.25) is 0 Å². The van der Waals surface area contributed by atoms with E-state index in [2.05, 4.69) is 22.9 Å². The number of carboxylic acids is 1. The maximum atomic E-state index is 10.6. The van der Waals surface area contributed by atoms with E-state index in [4.69, 9.17) is 10.8 Å². The van der Waals surface area contributed by atoms with Crippen molar-refractivity contribution in [2.75, 3.05) is 13.1 Å². The summed E-state index contributed by atoms with van der Waals surface area (Å²) in [4.78, 5) is 10.6. The minimum absolute atomic E-state index is 0.263. The Balaban J connectivity index is 2.25. The van der Waals surface area contributed by atoms with Crippen molar-refractivity contribution < 1.29 is 9.90 Å². The number of rotatable bonds is 3. The lowest BCUT2D eigenvalue weighted by atomic mass is 10.1. The molecular formula is C7H13N3O2S. The quantitative estimate of drug-likeness (QED) is 0.435. The lowest BCUT2D eigenvalue weighted by Crippen LogP contribution is -2.34. The van der Waals surface area contributed by atoms with Crippen LogP contribution in [0.5, 0.6) is 0 Å². The third kappa shape index (κ3) is 3.16. The lowest BCUT2D eigenvalue weighted by Gasteiger charge is -2.09. The van der Waals surface area contributed by atoms with Crippen LogP contribution in [0.3, 0.4) is 0 Å². The Morgan fingerprint density at radius 1 is 1.77 bits per heavy atom. The van der Waals surface area contributed by atoms with Crippen LogP contribution < -0.4 is 16.4 Å². The van der Waals surface area contributed by atoms with Crippen molar-refractivity contribution in [3.63, 3.8) is 0 Å². The van der Waals surface area contributed by atoms with Gasteiger partial charge in [-0.15, -0.1) is 0 Å². The first kappa shape index (κ1) is 10.2. The van der Waals surface area contributed by atoms with Gasteiger partial charge in [-0.3, -0.25) is 4.79 Å². The molecule has 1 aliphatic heterocycles. The van der Waals surface area contributed by atoms with Gasteiger partial charge in [0.1, 0.15) is 6.04 Å². The maximum absolute atomic E-state index is 10.6. The SMILES string of the molecule is NC(=S)NC[C@H]1CN[C@H](C(=O)O)C1. The van der Waals surface area contributed by atoms with E-state index < -0.39 is 12.0 Å². The third-order valence-corrected chi connectivity index (χ3v) is 2.23. The van der Waals surface area contributed by atoms with Crippen molar-refractivity contribution in [3.05, 3.63) is 0 Å². The summed E-state index contributed by atoms with van der Waals surface area (Å²) in [6.45, 7) is 1.35. The zero-order valence-electron chi connectivity index (χ0n) is 7.12. The Labute approximate surface area is 81.7 Å². The first-order valence-corrected chi connectivity index (χ1v) is 4.50. The van der Waals surface area contributed by atoms with E-state index in [1.807, 2.05) is 0 Å². The normalized spacial score (nSPS) is 27.1. The second-order valence-corrected chi connectivity index (χ2v) is 3.59. The molecule has 1 heterocycles. The molecule has 0 bridgehead atoms. The monoisotopic (exact) mass is 203 g/mol. The molecule has 0 unspecified atom stereocenters. The Kier molecular flexibility index (Phi) is 3.44. The summed E-state index contributed by atoms with van der Waals surface area (Å²) in [5.41, 5.74) is 5.25. The van der Waals surface area contributed by atoms with Gasteiger partial charge in [0.25, 0.3) is 0 Å². The summed E-state index contributed by atoms with van der Waals surface area (Å²) in [6.07, 6.45) is 0.630. The van der Waals surface area contributed by atoms with Gasteiger partial charge in [-0.25, -0.2) is 0 Å². The predicted octanol–water partition coefficient (Wildman–Crippen LogP) is -1.12. The topological polar surface area (TPSA) is 87.4 Å². The Hall–Kier alpha value is -0.880. The molecule has 1 rings (SSSR count). The minimum atomic E-state index is -0.794. The van der Waals surface area contributed by atoms with E-state index in [1.54, 1.807) is 0 Å². The Morgan fingerprint density at radius 2 is 2.46 bits per heavy atom. The van der Waals surface area contributed by atoms with Crippen LogP contribution in [0.4, 0.5) is 0 Å². The van der Waals surface area contributed by atoms with Crippen molar-refractivity contribution in [2.24, 2.45) is 11.7 Å². The number of aliphatic carboxylic acids is 1. The van der Waals surface area contributed by atoms with Crippen molar-refractivity contribution in [2.45, 2.75) is 12.5 Å². The molecule has 1 fully saturated rings. The minimum Gasteiger partial charge on any atom is -0.480 e. The average Bonchev–Trinajstić information content (AvgIpc) is 2.48. The molecule has 1 saturated heterocycles. The van der Waals surface area contributed by atoms with Crippen molar-refractivity contribution in [1.82, 2.24) is 10.6 Å². The zero-order chi connectivity index (χ0) is 9.84. The van der Waals surface area contributed by atoms with Gasteiger partial charge in [-0.1, -0.05) is 0 Å². The van der Waals surface area contributed by atoms with E-state index in [0.717, 1.165) is 0 Å². The van der Waals surface area contributed by atoms with Crippen LogP contribution in [0.1, 0.15) is 6.42 Å². The van der Waals surface area contributed by atoms with Gasteiger partial charge >= 0.3 is 5.97 Å². The fraction of sp³-hybridized carbons (Fsp3) is 0.714. The van der Waals surface area contributed by atoms with Gasteiger partial charge in [-0.2, -0.15) is 0 Å². The van der Waals surface area contributed by atoms with Gasteiger partial charge in [-0.05, 0) is 24.6 Å². The molecule has 6 heteroatoms. The van der Waals surface area contributed by atoms with Crippen LogP contribution in [0.2, 0.25) is 0 Å². The summed E-state index contributed by atoms with van der Waals surface area (Å²) >= 11 is 4.64. The van der Waals surface area contributed by atoms with Crippen LogP contribution in [0, 0.1) is 5.92 Å². The number of carbonyl (C=O) groups is 1. The van der Waals surface area contributed by atoms with Crippen LogP contribution in [-0.2, 0) is 4.79 Å². The molecule has 0 amide bonds. The number of carboxylic acid groups (broad SMARTS) is 1. The summed E-state index contributed by atoms with van der Waals surface area (Å²) in [6, 6.07) is -0.418. The molecule has 74 valence electrons. The Bertz CT molecular complexity index is 222. The molecule has 5 N–H and O–H groups in total. The van der Waals surface area contributed by atoms with Crippen LogP contribution in [-0.4, -0.2) is 35.3 Å². The molecule has 0 spiro atoms. The molecule has 0 saturated carbocycles. The number of hydrogen-bond acceptors (Lipinski definition) is 3. The third-order valence-electron chi connectivity index (χ3n) is 2.09. The summed E-state index contributed by atoms with van der Waals surface area (Å²) < 4.78 is 0. The average molecular weight is 203 g/mol. The predicted molar refractivity (Wildman–Crippen MR) is 52.3 cm³/mol. The Morgan fingerprint density at radius 3 is 2.92 bits per heavy atom. The van der Waals surface area contributed by atoms with Gasteiger partial charge in [0.05, 0.1) is 0 Å². The first-order chi connectivity index (χ1) is 6.09. The molecule has 0 aliphatic carbocycles. The van der Waals surface area contributed by atoms with Crippen LogP contribution >= 0.6 is 12.2 Å². The number of hydrogen-bond donors (Lipinski definition) is 4. The fourth-order valence-electron chi connectivity index (χ4n) is 1.40. The molecule has 5 nitrogen and oxygen atoms in total. The van der Waals surface area contributed by atoms with E-state index in [9.17, 15) is 4.79 Å². The number of nitrogens with one attached hydrogen (secondary N) is 2. The number of thiocarbonyl (C=S) groups is 1. The highest BCUT2D eigenvalue weighted by molar-refractivity contribution is 7.80. The molecule has 0 aromatic heterocycles. The molecule has 2 atom stereocenters. The number of nitrogens with two attached hydrogens (primary N) is 1. The molecule has 13 heavy (non-hydrogen) atoms. The maximum Gasteiger partial charge on any atom is 0.320 e. The fourth-order valence-corrected chi connectivity index (χ4v) is 1.48. The van der Waals surface area contributed by atoms with Gasteiger partial charge < -0.3 is 21.5 Å². The highest BCUT2D eigenvalue weighted by Crippen LogP contribution is 2.12. The molecule has 1 aliphatic rings. The second kappa shape index (κ2) is 4.38. The summed E-state index contributed by atoms with van der Waals surface area (Å²) in [5.74, 6) is -0.500. The van der Waals surface area contributed by atoms with E-state index in [0.29, 0.717) is 25.4 Å². The highest BCUT2D eigenvalue weighted by atomic mass is 32.1. The van der Waals surface area contributed by atoms with E-state index >= 15 is 0 Å². The van der Waals surface area contributed by atoms with Crippen molar-refractivity contribution in [1.29, 1.82) is 0 Å². The van der Waals surface area contributed by atoms with E-state index in [1.165, 1.54) is 0 Å².